The van der Waals surface area contributed by atoms with Crippen LogP contribution in [-0.2, 0) is 4.74 Å². The molecule has 0 radical (unpaired) electrons. The van der Waals surface area contributed by atoms with Gasteiger partial charge in [0.1, 0.15) is 5.60 Å². The van der Waals surface area contributed by atoms with Gasteiger partial charge in [-0.05, 0) is 38.8 Å². The highest BCUT2D eigenvalue weighted by molar-refractivity contribution is 6.09. The Morgan fingerprint density at radius 2 is 2.00 bits per heavy atom. The number of ketones is 1. The van der Waals surface area contributed by atoms with Crippen molar-refractivity contribution in [1.29, 1.82) is 0 Å². The fourth-order valence-electron chi connectivity index (χ4n) is 1.24. The van der Waals surface area contributed by atoms with Crippen LogP contribution >= 0.6 is 0 Å². The summed E-state index contributed by atoms with van der Waals surface area (Å²) < 4.78 is 5.09. The largest absolute Gasteiger partial charge is 0.444 e. The van der Waals surface area contributed by atoms with Gasteiger partial charge in [0, 0.05) is 11.3 Å². The van der Waals surface area contributed by atoms with Crippen LogP contribution in [0.15, 0.2) is 24.3 Å². The first-order valence-corrected chi connectivity index (χ1v) is 5.43. The lowest BCUT2D eigenvalue weighted by Gasteiger charge is -2.19. The molecular formula is C14H15NO3. The lowest BCUT2D eigenvalue weighted by molar-refractivity contribution is 0.0635. The van der Waals surface area contributed by atoms with Crippen LogP contribution in [0.1, 0.15) is 31.1 Å². The number of Topliss-reactive ketones (excluding diaryl/α,β-unsaturated/α-hetero) is 1. The normalized spacial score (nSPS) is 10.3. The van der Waals surface area contributed by atoms with Crippen LogP contribution in [0.3, 0.4) is 0 Å². The van der Waals surface area contributed by atoms with Crippen molar-refractivity contribution >= 4 is 17.6 Å². The van der Waals surface area contributed by atoms with E-state index in [-0.39, 0.29) is 0 Å². The van der Waals surface area contributed by atoms with Gasteiger partial charge in [-0.2, -0.15) is 0 Å². The van der Waals surface area contributed by atoms with Crippen molar-refractivity contribution in [3.63, 3.8) is 0 Å². The van der Waals surface area contributed by atoms with Crippen LogP contribution < -0.4 is 5.32 Å². The van der Waals surface area contributed by atoms with Crippen LogP contribution in [0.4, 0.5) is 10.5 Å². The Bertz CT molecular complexity index is 507. The molecule has 0 saturated carbocycles. The van der Waals surface area contributed by atoms with E-state index in [4.69, 9.17) is 11.2 Å². The molecule has 18 heavy (non-hydrogen) atoms. The first-order chi connectivity index (χ1) is 8.31. The second-order valence-electron chi connectivity index (χ2n) is 4.68. The number of terminal acetylenes is 1. The molecule has 4 heteroatoms. The summed E-state index contributed by atoms with van der Waals surface area (Å²) in [5.41, 5.74) is 0.243. The molecule has 1 amide bonds. The van der Waals surface area contributed by atoms with Gasteiger partial charge in [-0.25, -0.2) is 4.79 Å². The molecule has 1 rings (SSSR count). The standard InChI is InChI=1S/C14H15NO3/c1-5-12(16)10-7-6-8-11(9-10)15-13(17)18-14(2,3)4/h1,6-9H,2-4H3,(H,15,17). The van der Waals surface area contributed by atoms with E-state index in [1.807, 2.05) is 5.92 Å². The van der Waals surface area contributed by atoms with E-state index in [9.17, 15) is 9.59 Å². The van der Waals surface area contributed by atoms with Crippen molar-refractivity contribution in [1.82, 2.24) is 0 Å². The number of carbonyl (C=O) groups excluding carboxylic acids is 2. The van der Waals surface area contributed by atoms with Gasteiger partial charge in [0.05, 0.1) is 0 Å². The molecule has 0 fully saturated rings. The number of anilines is 1. The van der Waals surface area contributed by atoms with Crippen LogP contribution in [0.2, 0.25) is 0 Å². The van der Waals surface area contributed by atoms with E-state index >= 15 is 0 Å². The number of hydrogen-bond acceptors (Lipinski definition) is 3. The molecule has 0 saturated heterocycles. The number of rotatable bonds is 2. The molecule has 0 heterocycles. The Morgan fingerprint density at radius 3 is 2.56 bits per heavy atom. The van der Waals surface area contributed by atoms with Crippen molar-refractivity contribution in [2.75, 3.05) is 5.32 Å². The monoisotopic (exact) mass is 245 g/mol. The van der Waals surface area contributed by atoms with Gasteiger partial charge in [-0.15, -0.1) is 6.42 Å². The van der Waals surface area contributed by atoms with E-state index in [2.05, 4.69) is 5.32 Å². The molecule has 0 aliphatic heterocycles. The molecule has 0 unspecified atom stereocenters. The maximum atomic E-state index is 11.5. The quantitative estimate of drug-likeness (QED) is 0.495. The molecule has 94 valence electrons. The average molecular weight is 245 g/mol. The number of hydrogen-bond donors (Lipinski definition) is 1. The van der Waals surface area contributed by atoms with Gasteiger partial charge in [-0.3, -0.25) is 10.1 Å². The Balaban J connectivity index is 2.78. The number of nitrogens with one attached hydrogen (secondary N) is 1. The maximum Gasteiger partial charge on any atom is 0.412 e. The third-order valence-corrected chi connectivity index (χ3v) is 1.90. The summed E-state index contributed by atoms with van der Waals surface area (Å²) in [5, 5.41) is 2.54. The molecule has 1 aromatic rings. The van der Waals surface area contributed by atoms with Crippen LogP contribution in [0.5, 0.6) is 0 Å². The zero-order valence-corrected chi connectivity index (χ0v) is 10.6. The minimum absolute atomic E-state index is 0.353. The van der Waals surface area contributed by atoms with Crippen LogP contribution in [-0.4, -0.2) is 17.5 Å². The van der Waals surface area contributed by atoms with Crippen molar-refractivity contribution < 1.29 is 14.3 Å². The van der Waals surface area contributed by atoms with Gasteiger partial charge in [0.15, 0.2) is 0 Å². The average Bonchev–Trinajstić information content (AvgIpc) is 2.25. The fraction of sp³-hybridized carbons (Fsp3) is 0.286. The predicted octanol–water partition coefficient (Wildman–Crippen LogP) is 2.85. The van der Waals surface area contributed by atoms with Crippen molar-refractivity contribution in [2.45, 2.75) is 26.4 Å². The van der Waals surface area contributed by atoms with Crippen LogP contribution in [0, 0.1) is 12.3 Å². The molecule has 1 N–H and O–H groups in total. The van der Waals surface area contributed by atoms with Gasteiger partial charge < -0.3 is 4.74 Å². The summed E-state index contributed by atoms with van der Waals surface area (Å²) in [5.74, 6) is 1.59. The third-order valence-electron chi connectivity index (χ3n) is 1.90. The lowest BCUT2D eigenvalue weighted by atomic mass is 10.1. The molecule has 0 aliphatic rings. The Labute approximate surface area is 106 Å². The Morgan fingerprint density at radius 1 is 1.33 bits per heavy atom. The minimum Gasteiger partial charge on any atom is -0.444 e. The summed E-state index contributed by atoms with van der Waals surface area (Å²) in [6.45, 7) is 5.31. The van der Waals surface area contributed by atoms with E-state index in [0.29, 0.717) is 11.3 Å². The van der Waals surface area contributed by atoms with Gasteiger partial charge in [-0.1, -0.05) is 12.1 Å². The second-order valence-corrected chi connectivity index (χ2v) is 4.68. The minimum atomic E-state index is -0.576. The molecule has 0 bridgehead atoms. The van der Waals surface area contributed by atoms with Gasteiger partial charge in [0.25, 0.3) is 0 Å². The predicted molar refractivity (Wildman–Crippen MR) is 69.5 cm³/mol. The van der Waals surface area contributed by atoms with E-state index < -0.39 is 17.5 Å². The molecule has 0 aromatic heterocycles. The number of amides is 1. The van der Waals surface area contributed by atoms with E-state index in [1.165, 1.54) is 6.07 Å². The summed E-state index contributed by atoms with van der Waals surface area (Å²) in [7, 11) is 0. The molecule has 0 spiro atoms. The van der Waals surface area contributed by atoms with E-state index in [0.717, 1.165) is 0 Å². The Kier molecular flexibility index (Phi) is 4.11. The highest BCUT2D eigenvalue weighted by Crippen LogP contribution is 2.13. The maximum absolute atomic E-state index is 11.5. The van der Waals surface area contributed by atoms with Gasteiger partial charge >= 0.3 is 6.09 Å². The Hall–Kier alpha value is -2.28. The highest BCUT2D eigenvalue weighted by atomic mass is 16.6. The van der Waals surface area contributed by atoms with Crippen molar-refractivity contribution in [3.05, 3.63) is 29.8 Å². The van der Waals surface area contributed by atoms with Crippen molar-refractivity contribution in [2.24, 2.45) is 0 Å². The molecule has 4 nitrogen and oxygen atoms in total. The second kappa shape index (κ2) is 5.37. The van der Waals surface area contributed by atoms with Gasteiger partial charge in [0.2, 0.25) is 5.78 Å². The number of ether oxygens (including phenoxy) is 1. The summed E-state index contributed by atoms with van der Waals surface area (Å²) in [6, 6.07) is 6.38. The molecule has 0 aliphatic carbocycles. The lowest BCUT2D eigenvalue weighted by Crippen LogP contribution is -2.27. The molecular weight excluding hydrogens is 230 g/mol. The highest BCUT2D eigenvalue weighted by Gasteiger charge is 2.16. The molecule has 0 atom stereocenters. The van der Waals surface area contributed by atoms with Crippen LogP contribution in [0.25, 0.3) is 0 Å². The molecule has 1 aromatic carbocycles. The number of carbonyl (C=O) groups is 2. The third kappa shape index (κ3) is 4.30. The smallest absolute Gasteiger partial charge is 0.412 e. The van der Waals surface area contributed by atoms with Crippen molar-refractivity contribution in [3.8, 4) is 12.3 Å². The zero-order chi connectivity index (χ0) is 13.8. The zero-order valence-electron chi connectivity index (χ0n) is 10.6. The van der Waals surface area contributed by atoms with E-state index in [1.54, 1.807) is 39.0 Å². The first-order valence-electron chi connectivity index (χ1n) is 5.43. The summed E-state index contributed by atoms with van der Waals surface area (Å²) in [4.78, 5) is 22.8. The fourth-order valence-corrected chi connectivity index (χ4v) is 1.24. The topological polar surface area (TPSA) is 55.4 Å². The summed E-state index contributed by atoms with van der Waals surface area (Å²) >= 11 is 0. The first kappa shape index (κ1) is 13.8. The SMILES string of the molecule is C#CC(=O)c1cccc(NC(=O)OC(C)(C)C)c1. The summed E-state index contributed by atoms with van der Waals surface area (Å²) in [6.07, 6.45) is 4.45. The number of benzene rings is 1.